The van der Waals surface area contributed by atoms with Gasteiger partial charge in [-0.15, -0.1) is 0 Å². The summed E-state index contributed by atoms with van der Waals surface area (Å²) in [4.78, 5) is 25.5. The Labute approximate surface area is 122 Å². The van der Waals surface area contributed by atoms with Crippen LogP contribution in [0, 0.1) is 6.92 Å². The zero-order valence-corrected chi connectivity index (χ0v) is 12.9. The minimum atomic E-state index is -0.627. The number of hydrogen-bond acceptors (Lipinski definition) is 4. The summed E-state index contributed by atoms with van der Waals surface area (Å²) in [6.45, 7) is 5.59. The van der Waals surface area contributed by atoms with Crippen LogP contribution in [0.5, 0.6) is 0 Å². The van der Waals surface area contributed by atoms with Crippen LogP contribution in [0.15, 0.2) is 10.2 Å². The Kier molecular flexibility index (Phi) is 4.65. The summed E-state index contributed by atoms with van der Waals surface area (Å²) < 4.78 is 1.72. The average Bonchev–Trinajstić information content (AvgIpc) is 2.70. The molecular weight excluding hydrogens is 276 g/mol. The molecule has 6 heteroatoms. The van der Waals surface area contributed by atoms with Crippen LogP contribution in [-0.2, 0) is 11.3 Å². The van der Waals surface area contributed by atoms with Crippen LogP contribution >= 0.6 is 11.3 Å². The van der Waals surface area contributed by atoms with Gasteiger partial charge in [-0.1, -0.05) is 11.3 Å². The van der Waals surface area contributed by atoms with Gasteiger partial charge in [0.15, 0.2) is 0 Å². The van der Waals surface area contributed by atoms with Gasteiger partial charge in [-0.3, -0.25) is 9.59 Å². The van der Waals surface area contributed by atoms with E-state index in [1.165, 1.54) is 11.3 Å². The molecule has 1 aliphatic heterocycles. The third kappa shape index (κ3) is 3.70. The highest BCUT2D eigenvalue weighted by molar-refractivity contribution is 7.07. The average molecular weight is 298 g/mol. The Morgan fingerprint density at radius 2 is 2.10 bits per heavy atom. The monoisotopic (exact) mass is 298 g/mol. The summed E-state index contributed by atoms with van der Waals surface area (Å²) in [5.74, 6) is 0.126. The molecule has 0 bridgehead atoms. The smallest absolute Gasteiger partial charge is 0.307 e. The standard InChI is InChI=1S/C14H22N2O3S/c1-11-10-20-13(18)16(11)7-3-4-12(17)15-8-5-14(2,19)6-9-15/h10,19H,3-9H2,1-2H3. The van der Waals surface area contributed by atoms with E-state index in [1.54, 1.807) is 4.57 Å². The van der Waals surface area contributed by atoms with Gasteiger partial charge in [0.2, 0.25) is 5.91 Å². The van der Waals surface area contributed by atoms with Gasteiger partial charge in [-0.2, -0.15) is 0 Å². The number of nitrogens with zero attached hydrogens (tertiary/aromatic N) is 2. The first-order chi connectivity index (χ1) is 9.39. The van der Waals surface area contributed by atoms with Crippen molar-refractivity contribution in [2.75, 3.05) is 13.1 Å². The number of hydrogen-bond donors (Lipinski definition) is 1. The predicted molar refractivity (Wildman–Crippen MR) is 79.0 cm³/mol. The van der Waals surface area contributed by atoms with Crippen molar-refractivity contribution in [3.8, 4) is 0 Å². The van der Waals surface area contributed by atoms with Crippen molar-refractivity contribution in [2.24, 2.45) is 0 Å². The van der Waals surface area contributed by atoms with E-state index in [1.807, 2.05) is 24.1 Å². The second-order valence-electron chi connectivity index (χ2n) is 5.78. The minimum absolute atomic E-state index is 0.0453. The fourth-order valence-corrected chi connectivity index (χ4v) is 3.22. The number of thiazole rings is 1. The molecule has 0 spiro atoms. The van der Waals surface area contributed by atoms with Crippen LogP contribution in [0.3, 0.4) is 0 Å². The van der Waals surface area contributed by atoms with Gasteiger partial charge in [0.1, 0.15) is 0 Å². The number of piperidine rings is 1. The zero-order chi connectivity index (χ0) is 14.8. The molecule has 112 valence electrons. The second-order valence-corrected chi connectivity index (χ2v) is 6.60. The van der Waals surface area contributed by atoms with Gasteiger partial charge in [-0.25, -0.2) is 0 Å². The quantitative estimate of drug-likeness (QED) is 0.913. The molecule has 1 fully saturated rings. The van der Waals surface area contributed by atoms with E-state index in [0.717, 1.165) is 5.69 Å². The van der Waals surface area contributed by atoms with Crippen molar-refractivity contribution in [1.29, 1.82) is 0 Å². The molecule has 1 saturated heterocycles. The molecule has 1 N–H and O–H groups in total. The zero-order valence-electron chi connectivity index (χ0n) is 12.1. The van der Waals surface area contributed by atoms with Crippen molar-refractivity contribution in [1.82, 2.24) is 9.47 Å². The van der Waals surface area contributed by atoms with E-state index in [9.17, 15) is 14.7 Å². The highest BCUT2D eigenvalue weighted by Gasteiger charge is 2.29. The molecule has 0 saturated carbocycles. The lowest BCUT2D eigenvalue weighted by Crippen LogP contribution is -2.45. The highest BCUT2D eigenvalue weighted by atomic mass is 32.1. The molecule has 0 atom stereocenters. The van der Waals surface area contributed by atoms with Gasteiger partial charge in [-0.05, 0) is 33.1 Å². The lowest BCUT2D eigenvalue weighted by Gasteiger charge is -2.35. The maximum absolute atomic E-state index is 12.1. The van der Waals surface area contributed by atoms with E-state index in [0.29, 0.717) is 45.3 Å². The topological polar surface area (TPSA) is 62.5 Å². The summed E-state index contributed by atoms with van der Waals surface area (Å²) in [6.07, 6.45) is 2.43. The largest absolute Gasteiger partial charge is 0.390 e. The van der Waals surface area contributed by atoms with Crippen molar-refractivity contribution < 1.29 is 9.90 Å². The van der Waals surface area contributed by atoms with Crippen molar-refractivity contribution in [2.45, 2.75) is 51.7 Å². The molecule has 2 rings (SSSR count). The fraction of sp³-hybridized carbons (Fsp3) is 0.714. The Bertz CT molecular complexity index is 523. The van der Waals surface area contributed by atoms with Gasteiger partial charge < -0.3 is 14.6 Å². The van der Waals surface area contributed by atoms with E-state index >= 15 is 0 Å². The van der Waals surface area contributed by atoms with E-state index in [4.69, 9.17) is 0 Å². The summed E-state index contributed by atoms with van der Waals surface area (Å²) in [5, 5.41) is 11.7. The molecule has 20 heavy (non-hydrogen) atoms. The Hall–Kier alpha value is -1.14. The number of rotatable bonds is 4. The number of likely N-dealkylation sites (tertiary alicyclic amines) is 1. The van der Waals surface area contributed by atoms with Gasteiger partial charge in [0, 0.05) is 37.1 Å². The van der Waals surface area contributed by atoms with E-state index in [2.05, 4.69) is 0 Å². The van der Waals surface area contributed by atoms with Crippen LogP contribution in [-0.4, -0.2) is 39.2 Å². The molecule has 1 aliphatic rings. The maximum atomic E-state index is 12.1. The van der Waals surface area contributed by atoms with Crippen LogP contribution in [0.2, 0.25) is 0 Å². The number of aryl methyl sites for hydroxylation is 1. The van der Waals surface area contributed by atoms with Crippen LogP contribution in [0.4, 0.5) is 0 Å². The molecule has 0 radical (unpaired) electrons. The third-order valence-corrected chi connectivity index (χ3v) is 4.82. The summed E-state index contributed by atoms with van der Waals surface area (Å²) >= 11 is 1.20. The van der Waals surface area contributed by atoms with E-state index in [-0.39, 0.29) is 10.8 Å². The normalized spacial score (nSPS) is 18.2. The highest BCUT2D eigenvalue weighted by Crippen LogP contribution is 2.21. The molecule has 2 heterocycles. The van der Waals surface area contributed by atoms with Crippen LogP contribution in [0.1, 0.15) is 38.3 Å². The first-order valence-corrected chi connectivity index (χ1v) is 7.92. The first-order valence-electron chi connectivity index (χ1n) is 7.04. The molecule has 5 nitrogen and oxygen atoms in total. The molecule has 0 aromatic carbocycles. The maximum Gasteiger partial charge on any atom is 0.307 e. The summed E-state index contributed by atoms with van der Waals surface area (Å²) in [6, 6.07) is 0. The Morgan fingerprint density at radius 3 is 2.65 bits per heavy atom. The molecule has 1 aromatic heterocycles. The first kappa shape index (κ1) is 15.3. The van der Waals surface area contributed by atoms with Crippen molar-refractivity contribution in [3.05, 3.63) is 20.7 Å². The lowest BCUT2D eigenvalue weighted by atomic mass is 9.93. The summed E-state index contributed by atoms with van der Waals surface area (Å²) in [5.41, 5.74) is 0.333. The second kappa shape index (κ2) is 6.10. The minimum Gasteiger partial charge on any atom is -0.390 e. The lowest BCUT2D eigenvalue weighted by molar-refractivity contribution is -0.135. The number of aliphatic hydroxyl groups is 1. The van der Waals surface area contributed by atoms with Gasteiger partial charge in [0.25, 0.3) is 0 Å². The van der Waals surface area contributed by atoms with Crippen LogP contribution < -0.4 is 4.87 Å². The Morgan fingerprint density at radius 1 is 1.45 bits per heavy atom. The van der Waals surface area contributed by atoms with Crippen molar-refractivity contribution in [3.63, 3.8) is 0 Å². The van der Waals surface area contributed by atoms with Crippen molar-refractivity contribution >= 4 is 17.2 Å². The molecule has 1 amide bonds. The Balaban J connectivity index is 1.77. The molecule has 0 aliphatic carbocycles. The number of amides is 1. The van der Waals surface area contributed by atoms with Gasteiger partial charge in [0.05, 0.1) is 5.60 Å². The number of aromatic nitrogens is 1. The molecule has 1 aromatic rings. The summed E-state index contributed by atoms with van der Waals surface area (Å²) in [7, 11) is 0. The predicted octanol–water partition coefficient (Wildman–Crippen LogP) is 1.37. The van der Waals surface area contributed by atoms with E-state index < -0.39 is 5.60 Å². The van der Waals surface area contributed by atoms with Gasteiger partial charge >= 0.3 is 4.87 Å². The molecular formula is C14H22N2O3S. The number of carbonyl (C=O) groups excluding carboxylic acids is 1. The van der Waals surface area contributed by atoms with Crippen LogP contribution in [0.25, 0.3) is 0 Å². The molecule has 0 unspecified atom stereocenters. The number of carbonyl (C=O) groups is 1. The third-order valence-electron chi connectivity index (χ3n) is 3.94. The SMILES string of the molecule is Cc1csc(=O)n1CCCC(=O)N1CCC(C)(O)CC1. The fourth-order valence-electron chi connectivity index (χ4n) is 2.46.